The summed E-state index contributed by atoms with van der Waals surface area (Å²) in [5, 5.41) is 8.57. The number of carbonyl (C=O) groups is 1. The summed E-state index contributed by atoms with van der Waals surface area (Å²) in [6.45, 7) is 3.92. The molecule has 0 unspecified atom stereocenters. The molecule has 0 amide bonds. The van der Waals surface area contributed by atoms with Crippen molar-refractivity contribution in [1.82, 2.24) is 0 Å². The van der Waals surface area contributed by atoms with Crippen molar-refractivity contribution in [1.29, 1.82) is 0 Å². The molecule has 0 spiro atoms. The number of allylic oxidation sites excluding steroid dienone is 1. The predicted molar refractivity (Wildman–Crippen MR) is 40.9 cm³/mol. The summed E-state index contributed by atoms with van der Waals surface area (Å²) in [6.07, 6.45) is 4.16. The van der Waals surface area contributed by atoms with Crippen molar-refractivity contribution in [2.24, 2.45) is 0 Å². The first-order valence-electron chi connectivity index (χ1n) is 3.64. The third-order valence-corrected chi connectivity index (χ3v) is 1.24. The fraction of sp³-hybridized carbons (Fsp3) is 0.625. The van der Waals surface area contributed by atoms with Crippen LogP contribution in [-0.4, -0.2) is 11.1 Å². The van der Waals surface area contributed by atoms with Crippen LogP contribution in [0.3, 0.4) is 0 Å². The molecule has 0 aliphatic heterocycles. The van der Waals surface area contributed by atoms with Gasteiger partial charge < -0.3 is 5.11 Å². The summed E-state index contributed by atoms with van der Waals surface area (Å²) < 4.78 is 0. The Morgan fingerprint density at radius 2 is 2.10 bits per heavy atom. The van der Waals surface area contributed by atoms with Crippen LogP contribution in [0.25, 0.3) is 0 Å². The molecule has 0 fully saturated rings. The molecule has 0 aromatic heterocycles. The average molecular weight is 142 g/mol. The number of aliphatic carboxylic acids is 1. The van der Waals surface area contributed by atoms with Crippen LogP contribution in [0.2, 0.25) is 0 Å². The molecule has 0 radical (unpaired) electrons. The normalized spacial score (nSPS) is 11.6. The second-order valence-corrected chi connectivity index (χ2v) is 2.19. The van der Waals surface area contributed by atoms with E-state index < -0.39 is 5.97 Å². The highest BCUT2D eigenvalue weighted by molar-refractivity contribution is 5.86. The van der Waals surface area contributed by atoms with E-state index in [1.807, 2.05) is 13.8 Å². The first-order chi connectivity index (χ1) is 4.72. The number of hydrogen-bond acceptors (Lipinski definition) is 1. The van der Waals surface area contributed by atoms with Crippen molar-refractivity contribution in [3.05, 3.63) is 11.6 Å². The largest absolute Gasteiger partial charge is 0.478 e. The quantitative estimate of drug-likeness (QED) is 0.611. The summed E-state index contributed by atoms with van der Waals surface area (Å²) in [4.78, 5) is 10.4. The second-order valence-electron chi connectivity index (χ2n) is 2.19. The molecule has 0 bridgehead atoms. The van der Waals surface area contributed by atoms with E-state index in [4.69, 9.17) is 5.11 Å². The van der Waals surface area contributed by atoms with Crippen LogP contribution in [0.15, 0.2) is 11.6 Å². The minimum atomic E-state index is -0.774. The molecule has 0 heterocycles. The summed E-state index contributed by atoms with van der Waals surface area (Å²) >= 11 is 0. The highest BCUT2D eigenvalue weighted by Gasteiger charge is 2.02. The van der Waals surface area contributed by atoms with Gasteiger partial charge in [-0.2, -0.15) is 0 Å². The van der Waals surface area contributed by atoms with Crippen molar-refractivity contribution in [3.63, 3.8) is 0 Å². The van der Waals surface area contributed by atoms with Gasteiger partial charge in [-0.3, -0.25) is 0 Å². The monoisotopic (exact) mass is 142 g/mol. The molecule has 0 saturated carbocycles. The summed E-state index contributed by atoms with van der Waals surface area (Å²) in [7, 11) is 0. The molecule has 0 rings (SSSR count). The maximum Gasteiger partial charge on any atom is 0.331 e. The fourth-order valence-electron chi connectivity index (χ4n) is 0.812. The summed E-state index contributed by atoms with van der Waals surface area (Å²) in [6, 6.07) is 0. The van der Waals surface area contributed by atoms with Crippen molar-refractivity contribution >= 4 is 5.97 Å². The van der Waals surface area contributed by atoms with Crippen LogP contribution in [0.4, 0.5) is 0 Å². The van der Waals surface area contributed by atoms with Gasteiger partial charge >= 0.3 is 5.97 Å². The van der Waals surface area contributed by atoms with E-state index in [2.05, 4.69) is 0 Å². The van der Waals surface area contributed by atoms with Crippen LogP contribution >= 0.6 is 0 Å². The van der Waals surface area contributed by atoms with Crippen LogP contribution < -0.4 is 0 Å². The van der Waals surface area contributed by atoms with Crippen LogP contribution in [0.1, 0.15) is 33.1 Å². The number of carboxylic acid groups (broad SMARTS) is 1. The Morgan fingerprint density at radius 3 is 2.40 bits per heavy atom. The van der Waals surface area contributed by atoms with Crippen molar-refractivity contribution in [2.75, 3.05) is 0 Å². The predicted octanol–water partition coefficient (Wildman–Crippen LogP) is 2.21. The Balaban J connectivity index is 3.98. The van der Waals surface area contributed by atoms with E-state index in [9.17, 15) is 4.79 Å². The molecule has 2 heteroatoms. The van der Waals surface area contributed by atoms with Gasteiger partial charge in [0, 0.05) is 5.57 Å². The molecule has 0 atom stereocenters. The second kappa shape index (κ2) is 5.03. The molecule has 0 aliphatic rings. The maximum absolute atomic E-state index is 10.4. The molecule has 0 aromatic carbocycles. The lowest BCUT2D eigenvalue weighted by Crippen LogP contribution is -1.99. The van der Waals surface area contributed by atoms with E-state index in [1.54, 1.807) is 6.08 Å². The van der Waals surface area contributed by atoms with E-state index in [-0.39, 0.29) is 0 Å². The number of rotatable bonds is 4. The topological polar surface area (TPSA) is 37.3 Å². The Hall–Kier alpha value is -0.790. The zero-order chi connectivity index (χ0) is 7.98. The van der Waals surface area contributed by atoms with E-state index >= 15 is 0 Å². The highest BCUT2D eigenvalue weighted by atomic mass is 16.4. The van der Waals surface area contributed by atoms with Gasteiger partial charge in [-0.05, 0) is 12.8 Å². The van der Waals surface area contributed by atoms with Gasteiger partial charge in [-0.1, -0.05) is 26.3 Å². The van der Waals surface area contributed by atoms with Crippen LogP contribution in [-0.2, 0) is 4.79 Å². The molecule has 1 N–H and O–H groups in total. The Bertz CT molecular complexity index is 136. The van der Waals surface area contributed by atoms with Gasteiger partial charge in [0.2, 0.25) is 0 Å². The molecular formula is C8H14O2. The first-order valence-corrected chi connectivity index (χ1v) is 3.64. The lowest BCUT2D eigenvalue weighted by Gasteiger charge is -1.96. The van der Waals surface area contributed by atoms with Crippen LogP contribution in [0, 0.1) is 0 Å². The van der Waals surface area contributed by atoms with E-state index in [1.165, 1.54) is 0 Å². The first kappa shape index (κ1) is 9.21. The van der Waals surface area contributed by atoms with Gasteiger partial charge in [0.15, 0.2) is 0 Å². The molecule has 58 valence electrons. The molecule has 0 saturated heterocycles. The van der Waals surface area contributed by atoms with Crippen LogP contribution in [0.5, 0.6) is 0 Å². The number of hydrogen-bond donors (Lipinski definition) is 1. The molecule has 0 aliphatic carbocycles. The standard InChI is InChI=1S/C8H14O2/c1-3-5-7(6-4-2)8(9)10/h5H,3-4,6H2,1-2H3,(H,9,10)/b7-5-. The third-order valence-electron chi connectivity index (χ3n) is 1.24. The SMILES string of the molecule is CC/C=C(/CCC)C(=O)O. The van der Waals surface area contributed by atoms with Crippen molar-refractivity contribution < 1.29 is 9.90 Å². The summed E-state index contributed by atoms with van der Waals surface area (Å²) in [5.41, 5.74) is 0.546. The third kappa shape index (κ3) is 3.28. The maximum atomic E-state index is 10.4. The highest BCUT2D eigenvalue weighted by Crippen LogP contribution is 2.05. The lowest BCUT2D eigenvalue weighted by molar-refractivity contribution is -0.132. The minimum Gasteiger partial charge on any atom is -0.478 e. The molecule has 10 heavy (non-hydrogen) atoms. The summed E-state index contributed by atoms with van der Waals surface area (Å²) in [5.74, 6) is -0.774. The van der Waals surface area contributed by atoms with E-state index in [0.717, 1.165) is 12.8 Å². The molecule has 2 nitrogen and oxygen atoms in total. The average Bonchev–Trinajstić information content (AvgIpc) is 1.87. The Labute approximate surface area is 61.6 Å². The Morgan fingerprint density at radius 1 is 1.50 bits per heavy atom. The number of carboxylic acids is 1. The zero-order valence-electron chi connectivity index (χ0n) is 6.55. The fourth-order valence-corrected chi connectivity index (χ4v) is 0.812. The smallest absolute Gasteiger partial charge is 0.331 e. The van der Waals surface area contributed by atoms with Gasteiger partial charge in [0.05, 0.1) is 0 Å². The van der Waals surface area contributed by atoms with Crippen molar-refractivity contribution in [2.45, 2.75) is 33.1 Å². The molecular weight excluding hydrogens is 128 g/mol. The molecule has 0 aromatic rings. The van der Waals surface area contributed by atoms with Crippen molar-refractivity contribution in [3.8, 4) is 0 Å². The minimum absolute atomic E-state index is 0.546. The Kier molecular flexibility index (Phi) is 4.63. The van der Waals surface area contributed by atoms with Gasteiger partial charge in [0.25, 0.3) is 0 Å². The van der Waals surface area contributed by atoms with Gasteiger partial charge in [-0.15, -0.1) is 0 Å². The van der Waals surface area contributed by atoms with Gasteiger partial charge in [0.1, 0.15) is 0 Å². The zero-order valence-corrected chi connectivity index (χ0v) is 6.55. The van der Waals surface area contributed by atoms with Gasteiger partial charge in [-0.25, -0.2) is 4.79 Å². The lowest BCUT2D eigenvalue weighted by atomic mass is 10.1. The van der Waals surface area contributed by atoms with E-state index in [0.29, 0.717) is 12.0 Å².